The van der Waals surface area contributed by atoms with Gasteiger partial charge in [0, 0.05) is 6.04 Å². The third-order valence-electron chi connectivity index (χ3n) is 3.23. The first-order valence-corrected chi connectivity index (χ1v) is 5.47. The van der Waals surface area contributed by atoms with Crippen molar-refractivity contribution >= 4 is 0 Å². The zero-order valence-corrected chi connectivity index (χ0v) is 9.62. The van der Waals surface area contributed by atoms with Gasteiger partial charge in [-0.05, 0) is 24.2 Å². The van der Waals surface area contributed by atoms with Gasteiger partial charge in [-0.25, -0.2) is 0 Å². The highest BCUT2D eigenvalue weighted by molar-refractivity contribution is 4.89. The summed E-state index contributed by atoms with van der Waals surface area (Å²) in [7, 11) is 0. The van der Waals surface area contributed by atoms with Gasteiger partial charge in [0.25, 0.3) is 0 Å². The molecule has 0 spiro atoms. The van der Waals surface area contributed by atoms with Gasteiger partial charge in [-0.15, -0.1) is 0 Å². The van der Waals surface area contributed by atoms with Crippen molar-refractivity contribution in [1.29, 1.82) is 0 Å². The molecule has 0 saturated heterocycles. The Labute approximate surface area is 82.5 Å². The molecule has 80 valence electrons. The molecule has 0 heterocycles. The molecule has 2 nitrogen and oxygen atoms in total. The lowest BCUT2D eigenvalue weighted by Gasteiger charge is -2.39. The van der Waals surface area contributed by atoms with Crippen molar-refractivity contribution in [2.75, 3.05) is 0 Å². The molecular formula is C11H25NO. The number of hydrogen-bond acceptors (Lipinski definition) is 2. The Morgan fingerprint density at radius 1 is 1.08 bits per heavy atom. The van der Waals surface area contributed by atoms with E-state index in [0.29, 0.717) is 17.8 Å². The summed E-state index contributed by atoms with van der Waals surface area (Å²) in [5.41, 5.74) is 5.85. The quantitative estimate of drug-likeness (QED) is 0.609. The molecule has 0 aromatic heterocycles. The highest BCUT2D eigenvalue weighted by Gasteiger charge is 2.35. The van der Waals surface area contributed by atoms with Crippen molar-refractivity contribution in [3.05, 3.63) is 0 Å². The monoisotopic (exact) mass is 187 g/mol. The summed E-state index contributed by atoms with van der Waals surface area (Å²) in [5, 5.41) is 9.61. The third-order valence-corrected chi connectivity index (χ3v) is 3.23. The van der Waals surface area contributed by atoms with E-state index in [2.05, 4.69) is 20.8 Å². The zero-order valence-electron chi connectivity index (χ0n) is 9.62. The first-order valence-electron chi connectivity index (χ1n) is 5.47. The van der Waals surface area contributed by atoms with Gasteiger partial charge in [-0.1, -0.05) is 34.6 Å². The SMILES string of the molecule is CC.CC1CC(C)C(O)C(N)C1C. The molecule has 0 radical (unpaired) electrons. The van der Waals surface area contributed by atoms with Crippen LogP contribution < -0.4 is 5.73 Å². The molecule has 13 heavy (non-hydrogen) atoms. The summed E-state index contributed by atoms with van der Waals surface area (Å²) in [6.45, 7) is 10.4. The minimum atomic E-state index is -0.291. The van der Waals surface area contributed by atoms with Crippen molar-refractivity contribution in [2.24, 2.45) is 23.5 Å². The van der Waals surface area contributed by atoms with Crippen LogP contribution in [0.3, 0.4) is 0 Å². The zero-order chi connectivity index (χ0) is 10.6. The van der Waals surface area contributed by atoms with E-state index in [1.807, 2.05) is 13.8 Å². The minimum absolute atomic E-state index is 0.0197. The van der Waals surface area contributed by atoms with Gasteiger partial charge in [-0.2, -0.15) is 0 Å². The maximum absolute atomic E-state index is 9.61. The molecule has 1 aliphatic carbocycles. The van der Waals surface area contributed by atoms with Crippen molar-refractivity contribution in [1.82, 2.24) is 0 Å². The molecule has 3 N–H and O–H groups in total. The van der Waals surface area contributed by atoms with Crippen LogP contribution >= 0.6 is 0 Å². The van der Waals surface area contributed by atoms with E-state index in [-0.39, 0.29) is 12.1 Å². The average Bonchev–Trinajstić information content (AvgIpc) is 2.15. The number of hydrogen-bond donors (Lipinski definition) is 2. The van der Waals surface area contributed by atoms with Crippen molar-refractivity contribution < 1.29 is 5.11 Å². The van der Waals surface area contributed by atoms with E-state index in [4.69, 9.17) is 5.73 Å². The summed E-state index contributed by atoms with van der Waals surface area (Å²) in [4.78, 5) is 0. The Kier molecular flexibility index (Phi) is 5.57. The van der Waals surface area contributed by atoms with Gasteiger partial charge in [0.15, 0.2) is 0 Å². The van der Waals surface area contributed by atoms with Crippen LogP contribution in [0.15, 0.2) is 0 Å². The van der Waals surface area contributed by atoms with Crippen LogP contribution in [-0.2, 0) is 0 Å². The van der Waals surface area contributed by atoms with E-state index < -0.39 is 0 Å². The highest BCUT2D eigenvalue weighted by atomic mass is 16.3. The van der Waals surface area contributed by atoms with E-state index in [9.17, 15) is 5.11 Å². The minimum Gasteiger partial charge on any atom is -0.391 e. The highest BCUT2D eigenvalue weighted by Crippen LogP contribution is 2.32. The summed E-state index contributed by atoms with van der Waals surface area (Å²) in [6, 6.07) is -0.0197. The van der Waals surface area contributed by atoms with Crippen LogP contribution in [0, 0.1) is 17.8 Å². The molecule has 0 aliphatic heterocycles. The van der Waals surface area contributed by atoms with Crippen LogP contribution in [0.4, 0.5) is 0 Å². The molecule has 1 fully saturated rings. The van der Waals surface area contributed by atoms with Gasteiger partial charge in [0.1, 0.15) is 0 Å². The summed E-state index contributed by atoms with van der Waals surface area (Å²) >= 11 is 0. The number of aliphatic hydroxyl groups is 1. The van der Waals surface area contributed by atoms with Crippen molar-refractivity contribution in [2.45, 2.75) is 53.2 Å². The Bertz CT molecular complexity index is 124. The van der Waals surface area contributed by atoms with Crippen molar-refractivity contribution in [3.63, 3.8) is 0 Å². The molecule has 0 aromatic rings. The average molecular weight is 187 g/mol. The second-order valence-corrected chi connectivity index (χ2v) is 4.12. The lowest BCUT2D eigenvalue weighted by Crippen LogP contribution is -2.50. The van der Waals surface area contributed by atoms with Gasteiger partial charge < -0.3 is 10.8 Å². The summed E-state index contributed by atoms with van der Waals surface area (Å²) in [5.74, 6) is 1.49. The molecule has 2 heteroatoms. The van der Waals surface area contributed by atoms with Crippen LogP contribution in [0.1, 0.15) is 41.0 Å². The van der Waals surface area contributed by atoms with Gasteiger partial charge in [0.2, 0.25) is 0 Å². The van der Waals surface area contributed by atoms with E-state index in [1.165, 1.54) is 0 Å². The predicted octanol–water partition coefficient (Wildman–Crippen LogP) is 2.01. The standard InChI is InChI=1S/C9H19NO.C2H6/c1-5-4-6(2)9(11)8(10)7(5)3;1-2/h5-9,11H,4,10H2,1-3H3;1-2H3. The lowest BCUT2D eigenvalue weighted by atomic mass is 9.72. The molecule has 0 aromatic carbocycles. The number of aliphatic hydroxyl groups excluding tert-OH is 1. The molecule has 1 rings (SSSR count). The maximum atomic E-state index is 9.61. The Balaban J connectivity index is 0.000000671. The van der Waals surface area contributed by atoms with Crippen LogP contribution in [0.25, 0.3) is 0 Å². The Morgan fingerprint density at radius 2 is 1.54 bits per heavy atom. The predicted molar refractivity (Wildman–Crippen MR) is 57.4 cm³/mol. The normalized spacial score (nSPS) is 45.0. The van der Waals surface area contributed by atoms with Gasteiger partial charge in [0.05, 0.1) is 6.10 Å². The van der Waals surface area contributed by atoms with E-state index in [1.54, 1.807) is 0 Å². The van der Waals surface area contributed by atoms with Crippen LogP contribution in [-0.4, -0.2) is 17.3 Å². The second kappa shape index (κ2) is 5.61. The first kappa shape index (κ1) is 12.9. The fourth-order valence-corrected chi connectivity index (χ4v) is 2.01. The van der Waals surface area contributed by atoms with E-state index in [0.717, 1.165) is 6.42 Å². The summed E-state index contributed by atoms with van der Waals surface area (Å²) in [6.07, 6.45) is 0.817. The molecular weight excluding hydrogens is 162 g/mol. The first-order chi connectivity index (χ1) is 6.04. The van der Waals surface area contributed by atoms with E-state index >= 15 is 0 Å². The topological polar surface area (TPSA) is 46.2 Å². The van der Waals surface area contributed by atoms with Gasteiger partial charge >= 0.3 is 0 Å². The fraction of sp³-hybridized carbons (Fsp3) is 1.00. The molecule has 0 amide bonds. The Hall–Kier alpha value is -0.0800. The third kappa shape index (κ3) is 2.96. The molecule has 1 aliphatic rings. The Morgan fingerprint density at radius 3 is 2.00 bits per heavy atom. The van der Waals surface area contributed by atoms with Crippen molar-refractivity contribution in [3.8, 4) is 0 Å². The molecule has 5 atom stereocenters. The fourth-order valence-electron chi connectivity index (χ4n) is 2.01. The van der Waals surface area contributed by atoms with Gasteiger partial charge in [-0.3, -0.25) is 0 Å². The molecule has 5 unspecified atom stereocenters. The van der Waals surface area contributed by atoms with Crippen LogP contribution in [0.5, 0.6) is 0 Å². The number of nitrogens with two attached hydrogens (primary N) is 1. The number of rotatable bonds is 0. The smallest absolute Gasteiger partial charge is 0.0719 e. The largest absolute Gasteiger partial charge is 0.391 e. The lowest BCUT2D eigenvalue weighted by molar-refractivity contribution is 0.0120. The van der Waals surface area contributed by atoms with Crippen LogP contribution in [0.2, 0.25) is 0 Å². The maximum Gasteiger partial charge on any atom is 0.0719 e. The molecule has 1 saturated carbocycles. The second-order valence-electron chi connectivity index (χ2n) is 4.12. The summed E-state index contributed by atoms with van der Waals surface area (Å²) < 4.78 is 0. The molecule has 0 bridgehead atoms.